The SMILES string of the molecule is COc1ccc(CN2C(=O)c3oc4cc(C)c(C)cc4c(=O)c3C2c2cccc(OCc3ccccc3)c2)cc1. The van der Waals surface area contributed by atoms with Gasteiger partial charge in [-0.3, -0.25) is 9.59 Å². The Labute approximate surface area is 232 Å². The zero-order valence-electron chi connectivity index (χ0n) is 22.6. The molecular weight excluding hydrogens is 502 g/mol. The molecule has 1 aromatic heterocycles. The number of amides is 1. The average Bonchev–Trinajstić information content (AvgIpc) is 3.25. The first-order valence-corrected chi connectivity index (χ1v) is 13.2. The number of nitrogens with zero attached hydrogens (tertiary/aromatic N) is 1. The summed E-state index contributed by atoms with van der Waals surface area (Å²) >= 11 is 0. The average molecular weight is 532 g/mol. The number of benzene rings is 4. The van der Waals surface area contributed by atoms with Crippen molar-refractivity contribution >= 4 is 16.9 Å². The molecular formula is C34H29NO5. The largest absolute Gasteiger partial charge is 0.497 e. The Morgan fingerprint density at radius 2 is 1.55 bits per heavy atom. The van der Waals surface area contributed by atoms with E-state index >= 15 is 0 Å². The zero-order valence-corrected chi connectivity index (χ0v) is 22.6. The lowest BCUT2D eigenvalue weighted by Gasteiger charge is -2.25. The number of rotatable bonds is 7. The second kappa shape index (κ2) is 10.4. The predicted octanol–water partition coefficient (Wildman–Crippen LogP) is 6.74. The summed E-state index contributed by atoms with van der Waals surface area (Å²) in [7, 11) is 1.61. The number of carbonyl (C=O) groups excluding carboxylic acids is 1. The molecule has 0 bridgehead atoms. The fraction of sp³-hybridized carbons (Fsp3) is 0.176. The number of aryl methyl sites for hydroxylation is 2. The highest BCUT2D eigenvalue weighted by atomic mass is 16.5. The van der Waals surface area contributed by atoms with E-state index in [-0.39, 0.29) is 17.1 Å². The molecule has 0 N–H and O–H groups in total. The molecule has 6 nitrogen and oxygen atoms in total. The van der Waals surface area contributed by atoms with E-state index in [2.05, 4.69) is 0 Å². The normalized spacial score (nSPS) is 14.4. The summed E-state index contributed by atoms with van der Waals surface area (Å²) in [5, 5.41) is 0.474. The van der Waals surface area contributed by atoms with Crippen LogP contribution in [0, 0.1) is 13.8 Å². The molecule has 0 aliphatic carbocycles. The lowest BCUT2D eigenvalue weighted by Crippen LogP contribution is -2.29. The van der Waals surface area contributed by atoms with Gasteiger partial charge in [0.2, 0.25) is 5.76 Å². The van der Waals surface area contributed by atoms with Gasteiger partial charge in [0.05, 0.1) is 24.1 Å². The van der Waals surface area contributed by atoms with Crippen molar-refractivity contribution in [2.45, 2.75) is 33.0 Å². The summed E-state index contributed by atoms with van der Waals surface area (Å²) in [5.41, 5.74) is 5.31. The Kier molecular flexibility index (Phi) is 6.60. The van der Waals surface area contributed by atoms with Crippen molar-refractivity contribution in [3.8, 4) is 11.5 Å². The van der Waals surface area contributed by atoms with Crippen LogP contribution in [0.25, 0.3) is 11.0 Å². The molecule has 1 aliphatic heterocycles. The highest BCUT2D eigenvalue weighted by Crippen LogP contribution is 2.40. The van der Waals surface area contributed by atoms with Gasteiger partial charge in [0.1, 0.15) is 23.7 Å². The van der Waals surface area contributed by atoms with E-state index in [1.165, 1.54) is 0 Å². The molecule has 1 amide bonds. The van der Waals surface area contributed by atoms with Gasteiger partial charge in [-0.05, 0) is 78.1 Å². The molecule has 0 saturated carbocycles. The van der Waals surface area contributed by atoms with Gasteiger partial charge in [-0.15, -0.1) is 0 Å². The van der Waals surface area contributed by atoms with Crippen molar-refractivity contribution in [2.75, 3.05) is 7.11 Å². The lowest BCUT2D eigenvalue weighted by molar-refractivity contribution is 0.0714. The predicted molar refractivity (Wildman–Crippen MR) is 154 cm³/mol. The smallest absolute Gasteiger partial charge is 0.291 e. The maximum atomic E-state index is 14.0. The Hall–Kier alpha value is -4.84. The second-order valence-electron chi connectivity index (χ2n) is 10.1. The second-order valence-corrected chi connectivity index (χ2v) is 10.1. The standard InChI is InChI=1S/C34H29NO5/c1-21-16-28-29(17-22(21)2)40-33-30(32(28)36)31(35(34(33)37)19-23-12-14-26(38-3)15-13-23)25-10-7-11-27(18-25)39-20-24-8-5-4-6-9-24/h4-18,31H,19-20H2,1-3H3. The molecule has 0 saturated heterocycles. The Morgan fingerprint density at radius 1 is 0.800 bits per heavy atom. The van der Waals surface area contributed by atoms with E-state index in [4.69, 9.17) is 13.9 Å². The summed E-state index contributed by atoms with van der Waals surface area (Å²) in [4.78, 5) is 29.6. The van der Waals surface area contributed by atoms with E-state index < -0.39 is 6.04 Å². The van der Waals surface area contributed by atoms with Crippen LogP contribution in [0.2, 0.25) is 0 Å². The fourth-order valence-corrected chi connectivity index (χ4v) is 5.23. The summed E-state index contributed by atoms with van der Waals surface area (Å²) in [6.45, 7) is 4.63. The number of hydrogen-bond acceptors (Lipinski definition) is 5. The zero-order chi connectivity index (χ0) is 27.8. The third kappa shape index (κ3) is 4.62. The minimum absolute atomic E-state index is 0.0925. The molecule has 6 heteroatoms. The van der Waals surface area contributed by atoms with Crippen molar-refractivity contribution in [3.05, 3.63) is 140 Å². The van der Waals surface area contributed by atoms with Crippen LogP contribution in [0.15, 0.2) is 100 Å². The monoisotopic (exact) mass is 531 g/mol. The maximum absolute atomic E-state index is 14.0. The van der Waals surface area contributed by atoms with Gasteiger partial charge in [0.15, 0.2) is 5.43 Å². The molecule has 5 aromatic rings. The minimum atomic E-state index is -0.632. The molecule has 1 atom stereocenters. The third-order valence-electron chi connectivity index (χ3n) is 7.52. The molecule has 0 spiro atoms. The highest BCUT2D eigenvalue weighted by molar-refractivity contribution is 5.99. The van der Waals surface area contributed by atoms with Crippen LogP contribution in [0.3, 0.4) is 0 Å². The quantitative estimate of drug-likeness (QED) is 0.233. The van der Waals surface area contributed by atoms with Gasteiger partial charge in [-0.25, -0.2) is 0 Å². The fourth-order valence-electron chi connectivity index (χ4n) is 5.23. The number of carbonyl (C=O) groups is 1. The van der Waals surface area contributed by atoms with Crippen molar-refractivity contribution in [2.24, 2.45) is 0 Å². The molecule has 4 aromatic carbocycles. The molecule has 6 rings (SSSR count). The van der Waals surface area contributed by atoms with E-state index in [0.29, 0.717) is 35.4 Å². The Morgan fingerprint density at radius 3 is 2.30 bits per heavy atom. The van der Waals surface area contributed by atoms with Gasteiger partial charge < -0.3 is 18.8 Å². The van der Waals surface area contributed by atoms with Crippen LogP contribution < -0.4 is 14.9 Å². The molecule has 0 fully saturated rings. The van der Waals surface area contributed by atoms with Crippen LogP contribution in [-0.2, 0) is 13.2 Å². The van der Waals surface area contributed by atoms with Gasteiger partial charge in [0, 0.05) is 6.54 Å². The first-order valence-electron chi connectivity index (χ1n) is 13.2. The van der Waals surface area contributed by atoms with E-state index in [1.807, 2.05) is 105 Å². The van der Waals surface area contributed by atoms with Crippen molar-refractivity contribution in [3.63, 3.8) is 0 Å². The van der Waals surface area contributed by atoms with Gasteiger partial charge in [-0.1, -0.05) is 54.6 Å². The molecule has 40 heavy (non-hydrogen) atoms. The number of hydrogen-bond donors (Lipinski definition) is 0. The van der Waals surface area contributed by atoms with E-state index in [9.17, 15) is 9.59 Å². The molecule has 1 unspecified atom stereocenters. The van der Waals surface area contributed by atoms with E-state index in [0.717, 1.165) is 33.6 Å². The van der Waals surface area contributed by atoms with E-state index in [1.54, 1.807) is 12.0 Å². The molecule has 0 radical (unpaired) electrons. The Bertz CT molecular complexity index is 1770. The topological polar surface area (TPSA) is 69.0 Å². The summed E-state index contributed by atoms with van der Waals surface area (Å²) in [6, 6.07) is 28.1. The first kappa shape index (κ1) is 25.4. The maximum Gasteiger partial charge on any atom is 0.291 e. The highest BCUT2D eigenvalue weighted by Gasteiger charge is 2.43. The molecule has 200 valence electrons. The first-order chi connectivity index (χ1) is 19.4. The van der Waals surface area contributed by atoms with Crippen LogP contribution in [0.4, 0.5) is 0 Å². The summed E-state index contributed by atoms with van der Waals surface area (Å²) in [5.74, 6) is 1.16. The number of fused-ring (bicyclic) bond motifs is 2. The van der Waals surface area contributed by atoms with Crippen LogP contribution >= 0.6 is 0 Å². The number of ether oxygens (including phenoxy) is 2. The van der Waals surface area contributed by atoms with Gasteiger partial charge in [0.25, 0.3) is 5.91 Å². The van der Waals surface area contributed by atoms with Crippen molar-refractivity contribution < 1.29 is 18.7 Å². The number of methoxy groups -OCH3 is 1. The minimum Gasteiger partial charge on any atom is -0.497 e. The summed E-state index contributed by atoms with van der Waals surface area (Å²) < 4.78 is 17.6. The van der Waals surface area contributed by atoms with Gasteiger partial charge >= 0.3 is 0 Å². The Balaban J connectivity index is 1.45. The van der Waals surface area contributed by atoms with Crippen LogP contribution in [-0.4, -0.2) is 17.9 Å². The van der Waals surface area contributed by atoms with Crippen LogP contribution in [0.5, 0.6) is 11.5 Å². The van der Waals surface area contributed by atoms with Gasteiger partial charge in [-0.2, -0.15) is 0 Å². The molecule has 1 aliphatic rings. The molecule has 2 heterocycles. The lowest BCUT2D eigenvalue weighted by atomic mass is 9.97. The summed E-state index contributed by atoms with van der Waals surface area (Å²) in [6.07, 6.45) is 0. The van der Waals surface area contributed by atoms with Crippen LogP contribution in [0.1, 0.15) is 50.0 Å². The van der Waals surface area contributed by atoms with Crippen molar-refractivity contribution in [1.82, 2.24) is 4.90 Å². The van der Waals surface area contributed by atoms with Crippen molar-refractivity contribution in [1.29, 1.82) is 0 Å². The third-order valence-corrected chi connectivity index (χ3v) is 7.52.